The van der Waals surface area contributed by atoms with Gasteiger partial charge < -0.3 is 4.74 Å². The average Bonchev–Trinajstić information content (AvgIpc) is 3.16. The van der Waals surface area contributed by atoms with E-state index in [2.05, 4.69) is 5.10 Å². The third-order valence-corrected chi connectivity index (χ3v) is 4.44. The standard InChI is InChI=1S/C20H18FN3O2/c1-2-14-13-23(18-9-5-6-10-19(18)26-14)20(25)16-11-12-24(22-16)17-8-4-3-7-15(17)21/h3-12,14H,2,13H2,1H3/t14-/m1/s1. The van der Waals surface area contributed by atoms with Crippen LogP contribution < -0.4 is 9.64 Å². The summed E-state index contributed by atoms with van der Waals surface area (Å²) in [6.45, 7) is 2.48. The van der Waals surface area contributed by atoms with Crippen LogP contribution in [0.2, 0.25) is 0 Å². The van der Waals surface area contributed by atoms with E-state index < -0.39 is 5.82 Å². The second kappa shape index (κ2) is 6.63. The van der Waals surface area contributed by atoms with Crippen LogP contribution in [0.4, 0.5) is 10.1 Å². The van der Waals surface area contributed by atoms with Crippen molar-refractivity contribution in [3.63, 3.8) is 0 Å². The zero-order valence-electron chi connectivity index (χ0n) is 14.3. The summed E-state index contributed by atoms with van der Waals surface area (Å²) < 4.78 is 21.3. The van der Waals surface area contributed by atoms with Crippen molar-refractivity contribution in [2.24, 2.45) is 0 Å². The molecule has 0 spiro atoms. The fourth-order valence-corrected chi connectivity index (χ4v) is 3.05. The minimum absolute atomic E-state index is 0.0671. The van der Waals surface area contributed by atoms with E-state index in [1.165, 1.54) is 10.7 Å². The Morgan fingerprint density at radius 1 is 1.15 bits per heavy atom. The summed E-state index contributed by atoms with van der Waals surface area (Å²) >= 11 is 0. The molecule has 0 unspecified atom stereocenters. The maximum Gasteiger partial charge on any atom is 0.279 e. The Kier molecular flexibility index (Phi) is 4.16. The smallest absolute Gasteiger partial charge is 0.279 e. The number of halogens is 1. The van der Waals surface area contributed by atoms with Gasteiger partial charge in [-0.1, -0.05) is 31.2 Å². The molecular formula is C20H18FN3O2. The fourth-order valence-electron chi connectivity index (χ4n) is 3.05. The van der Waals surface area contributed by atoms with Gasteiger partial charge in [0.2, 0.25) is 0 Å². The fraction of sp³-hybridized carbons (Fsp3) is 0.200. The van der Waals surface area contributed by atoms with Crippen LogP contribution in [-0.4, -0.2) is 28.3 Å². The first-order valence-electron chi connectivity index (χ1n) is 8.55. The van der Waals surface area contributed by atoms with Gasteiger partial charge in [0, 0.05) is 6.20 Å². The van der Waals surface area contributed by atoms with Crippen molar-refractivity contribution < 1.29 is 13.9 Å². The Balaban J connectivity index is 1.67. The number of nitrogens with zero attached hydrogens (tertiary/aromatic N) is 3. The number of para-hydroxylation sites is 3. The molecule has 0 saturated carbocycles. The van der Waals surface area contributed by atoms with Crippen molar-refractivity contribution in [2.75, 3.05) is 11.4 Å². The van der Waals surface area contributed by atoms with E-state index in [4.69, 9.17) is 4.74 Å². The predicted molar refractivity (Wildman–Crippen MR) is 96.3 cm³/mol. The quantitative estimate of drug-likeness (QED) is 0.720. The van der Waals surface area contributed by atoms with E-state index in [1.54, 1.807) is 35.4 Å². The predicted octanol–water partition coefficient (Wildman–Crippen LogP) is 3.83. The van der Waals surface area contributed by atoms with Crippen LogP contribution in [0.3, 0.4) is 0 Å². The molecule has 0 aliphatic carbocycles. The largest absolute Gasteiger partial charge is 0.486 e. The maximum absolute atomic E-state index is 14.0. The Labute approximate surface area is 150 Å². The summed E-state index contributed by atoms with van der Waals surface area (Å²) in [5.74, 6) is 0.0686. The van der Waals surface area contributed by atoms with Crippen LogP contribution in [0.1, 0.15) is 23.8 Å². The van der Waals surface area contributed by atoms with Crippen LogP contribution >= 0.6 is 0 Å². The van der Waals surface area contributed by atoms with E-state index in [9.17, 15) is 9.18 Å². The number of anilines is 1. The summed E-state index contributed by atoms with van der Waals surface area (Å²) in [6.07, 6.45) is 2.32. The molecule has 1 aliphatic rings. The average molecular weight is 351 g/mol. The second-order valence-electron chi connectivity index (χ2n) is 6.13. The number of carbonyl (C=O) groups is 1. The summed E-state index contributed by atoms with van der Waals surface area (Å²) in [6, 6.07) is 15.4. The third kappa shape index (κ3) is 2.83. The molecule has 0 fully saturated rings. The van der Waals surface area contributed by atoms with Gasteiger partial charge in [-0.3, -0.25) is 9.69 Å². The number of carbonyl (C=O) groups excluding carboxylic acids is 1. The van der Waals surface area contributed by atoms with Gasteiger partial charge in [0.05, 0.1) is 12.2 Å². The van der Waals surface area contributed by atoms with Crippen LogP contribution in [-0.2, 0) is 0 Å². The van der Waals surface area contributed by atoms with Crippen LogP contribution in [0, 0.1) is 5.82 Å². The first-order valence-corrected chi connectivity index (χ1v) is 8.55. The Morgan fingerprint density at radius 2 is 1.88 bits per heavy atom. The SMILES string of the molecule is CC[C@@H]1CN(C(=O)c2ccn(-c3ccccc3F)n2)c2ccccc2O1. The maximum atomic E-state index is 14.0. The molecule has 132 valence electrons. The van der Waals surface area contributed by atoms with E-state index in [0.29, 0.717) is 18.0 Å². The highest BCUT2D eigenvalue weighted by atomic mass is 19.1. The zero-order valence-corrected chi connectivity index (χ0v) is 14.3. The topological polar surface area (TPSA) is 47.4 Å². The lowest BCUT2D eigenvalue weighted by atomic mass is 10.1. The summed E-state index contributed by atoms with van der Waals surface area (Å²) in [4.78, 5) is 14.7. The molecule has 0 bridgehead atoms. The number of rotatable bonds is 3. The van der Waals surface area contributed by atoms with Gasteiger partial charge in [0.15, 0.2) is 5.69 Å². The minimum Gasteiger partial charge on any atom is -0.486 e. The van der Waals surface area contributed by atoms with Crippen molar-refractivity contribution >= 4 is 11.6 Å². The van der Waals surface area contributed by atoms with Gasteiger partial charge >= 0.3 is 0 Å². The summed E-state index contributed by atoms with van der Waals surface area (Å²) in [7, 11) is 0. The lowest BCUT2D eigenvalue weighted by Crippen LogP contribution is -2.43. The molecule has 4 rings (SSSR count). The molecule has 1 aromatic heterocycles. The Hall–Kier alpha value is -3.15. The van der Waals surface area contributed by atoms with E-state index >= 15 is 0 Å². The van der Waals surface area contributed by atoms with E-state index in [1.807, 2.05) is 31.2 Å². The molecule has 1 atom stereocenters. The lowest BCUT2D eigenvalue weighted by molar-refractivity contribution is 0.0949. The van der Waals surface area contributed by atoms with E-state index in [0.717, 1.165) is 12.1 Å². The van der Waals surface area contributed by atoms with Gasteiger partial charge in [-0.05, 0) is 36.8 Å². The molecule has 5 nitrogen and oxygen atoms in total. The number of hydrogen-bond donors (Lipinski definition) is 0. The number of ether oxygens (including phenoxy) is 1. The Morgan fingerprint density at radius 3 is 2.65 bits per heavy atom. The number of amides is 1. The monoisotopic (exact) mass is 351 g/mol. The third-order valence-electron chi connectivity index (χ3n) is 4.44. The van der Waals surface area contributed by atoms with Gasteiger partial charge in [0.1, 0.15) is 23.4 Å². The van der Waals surface area contributed by atoms with Crippen molar-refractivity contribution in [3.8, 4) is 11.4 Å². The molecule has 0 saturated heterocycles. The highest BCUT2D eigenvalue weighted by Crippen LogP contribution is 2.34. The van der Waals surface area contributed by atoms with Gasteiger partial charge in [-0.25, -0.2) is 9.07 Å². The van der Waals surface area contributed by atoms with Gasteiger partial charge in [0.25, 0.3) is 5.91 Å². The van der Waals surface area contributed by atoms with Crippen LogP contribution in [0.5, 0.6) is 5.75 Å². The summed E-state index contributed by atoms with van der Waals surface area (Å²) in [5, 5.41) is 4.28. The number of aromatic nitrogens is 2. The highest BCUT2D eigenvalue weighted by Gasteiger charge is 2.30. The van der Waals surface area contributed by atoms with Crippen molar-refractivity contribution in [2.45, 2.75) is 19.4 Å². The summed E-state index contributed by atoms with van der Waals surface area (Å²) in [5.41, 5.74) is 1.29. The number of hydrogen-bond acceptors (Lipinski definition) is 3. The van der Waals surface area contributed by atoms with Crippen molar-refractivity contribution in [3.05, 3.63) is 72.3 Å². The van der Waals surface area contributed by atoms with Gasteiger partial charge in [-0.2, -0.15) is 5.10 Å². The number of benzene rings is 2. The minimum atomic E-state index is -0.391. The second-order valence-corrected chi connectivity index (χ2v) is 6.13. The molecule has 0 radical (unpaired) electrons. The molecule has 2 aromatic carbocycles. The van der Waals surface area contributed by atoms with Crippen LogP contribution in [0.15, 0.2) is 60.8 Å². The number of fused-ring (bicyclic) bond motifs is 1. The molecule has 6 heteroatoms. The highest BCUT2D eigenvalue weighted by molar-refractivity contribution is 6.05. The molecule has 2 heterocycles. The molecular weight excluding hydrogens is 333 g/mol. The van der Waals surface area contributed by atoms with E-state index in [-0.39, 0.29) is 17.7 Å². The molecule has 0 N–H and O–H groups in total. The normalized spacial score (nSPS) is 16.1. The first-order chi connectivity index (χ1) is 12.7. The molecule has 26 heavy (non-hydrogen) atoms. The van der Waals surface area contributed by atoms with Gasteiger partial charge in [-0.15, -0.1) is 0 Å². The van der Waals surface area contributed by atoms with Crippen molar-refractivity contribution in [1.29, 1.82) is 0 Å². The van der Waals surface area contributed by atoms with Crippen molar-refractivity contribution in [1.82, 2.24) is 9.78 Å². The Bertz CT molecular complexity index is 953. The lowest BCUT2D eigenvalue weighted by Gasteiger charge is -2.34. The molecule has 1 aliphatic heterocycles. The molecule has 3 aromatic rings. The molecule has 1 amide bonds. The first kappa shape index (κ1) is 16.3. The zero-order chi connectivity index (χ0) is 18.1. The van der Waals surface area contributed by atoms with Crippen LogP contribution in [0.25, 0.3) is 5.69 Å².